The lowest BCUT2D eigenvalue weighted by Gasteiger charge is -2.15. The van der Waals surface area contributed by atoms with Crippen molar-refractivity contribution in [3.63, 3.8) is 0 Å². The highest BCUT2D eigenvalue weighted by molar-refractivity contribution is 5.29. The third-order valence-electron chi connectivity index (χ3n) is 2.77. The van der Waals surface area contributed by atoms with E-state index in [9.17, 15) is 0 Å². The summed E-state index contributed by atoms with van der Waals surface area (Å²) in [6, 6.07) is 0.595. The molecule has 0 radical (unpaired) electrons. The molecule has 68 valence electrons. The third-order valence-corrected chi connectivity index (χ3v) is 2.77. The lowest BCUT2D eigenvalue weighted by Crippen LogP contribution is -2.24. The molecule has 1 rings (SSSR count). The minimum atomic E-state index is 0.595. The third kappa shape index (κ3) is 1.55. The first-order chi connectivity index (χ1) is 5.70. The molecule has 1 aliphatic rings. The molecule has 0 aromatic carbocycles. The van der Waals surface area contributed by atoms with Gasteiger partial charge in [-0.05, 0) is 31.9 Å². The summed E-state index contributed by atoms with van der Waals surface area (Å²) in [5, 5.41) is 3.45. The summed E-state index contributed by atoms with van der Waals surface area (Å²) in [6.07, 6.45) is 4.48. The van der Waals surface area contributed by atoms with Crippen LogP contribution in [-0.2, 0) is 0 Å². The van der Waals surface area contributed by atoms with Crippen molar-refractivity contribution in [2.45, 2.75) is 39.7 Å². The van der Waals surface area contributed by atoms with Crippen LogP contribution in [0.2, 0.25) is 0 Å². The Kier molecular flexibility index (Phi) is 2.96. The molecule has 0 aliphatic carbocycles. The molecular weight excluding hydrogens is 146 g/mol. The van der Waals surface area contributed by atoms with Crippen molar-refractivity contribution in [2.75, 3.05) is 0 Å². The number of rotatable bonds is 3. The Morgan fingerprint density at radius 2 is 2.25 bits per heavy atom. The van der Waals surface area contributed by atoms with E-state index >= 15 is 0 Å². The first-order valence-electron chi connectivity index (χ1n) is 4.80. The second kappa shape index (κ2) is 3.79. The van der Waals surface area contributed by atoms with E-state index in [1.165, 1.54) is 24.1 Å². The van der Waals surface area contributed by atoms with E-state index in [0.29, 0.717) is 6.04 Å². The molecule has 0 aromatic heterocycles. The Morgan fingerprint density at radius 3 is 2.67 bits per heavy atom. The van der Waals surface area contributed by atoms with E-state index in [1.807, 2.05) is 6.08 Å². The molecule has 0 spiro atoms. The van der Waals surface area contributed by atoms with Gasteiger partial charge < -0.3 is 5.32 Å². The van der Waals surface area contributed by atoms with Crippen LogP contribution >= 0.6 is 0 Å². The lowest BCUT2D eigenvalue weighted by atomic mass is 9.92. The van der Waals surface area contributed by atoms with E-state index in [4.69, 9.17) is 0 Å². The summed E-state index contributed by atoms with van der Waals surface area (Å²) < 4.78 is 0. The Labute approximate surface area is 75.6 Å². The van der Waals surface area contributed by atoms with E-state index in [0.717, 1.165) is 5.92 Å². The number of allylic oxidation sites excluding steroid dienone is 1. The van der Waals surface area contributed by atoms with Crippen molar-refractivity contribution in [3.8, 4) is 0 Å². The monoisotopic (exact) mass is 165 g/mol. The van der Waals surface area contributed by atoms with E-state index < -0.39 is 0 Å². The highest BCUT2D eigenvalue weighted by Gasteiger charge is 2.26. The van der Waals surface area contributed by atoms with Crippen LogP contribution < -0.4 is 5.32 Å². The molecule has 2 atom stereocenters. The maximum atomic E-state index is 3.80. The van der Waals surface area contributed by atoms with Gasteiger partial charge in [0.05, 0.1) is 0 Å². The van der Waals surface area contributed by atoms with Crippen molar-refractivity contribution < 1.29 is 0 Å². The van der Waals surface area contributed by atoms with Crippen molar-refractivity contribution in [1.82, 2.24) is 5.32 Å². The Bertz CT molecular complexity index is 203. The van der Waals surface area contributed by atoms with Crippen LogP contribution in [0.1, 0.15) is 33.6 Å². The van der Waals surface area contributed by atoms with Gasteiger partial charge in [-0.25, -0.2) is 0 Å². The number of hydrogen-bond acceptors (Lipinski definition) is 1. The van der Waals surface area contributed by atoms with Gasteiger partial charge in [0.15, 0.2) is 0 Å². The van der Waals surface area contributed by atoms with Crippen LogP contribution in [0.4, 0.5) is 0 Å². The molecule has 1 N–H and O–H groups in total. The van der Waals surface area contributed by atoms with Crippen molar-refractivity contribution in [2.24, 2.45) is 5.92 Å². The average molecular weight is 165 g/mol. The van der Waals surface area contributed by atoms with Crippen LogP contribution in [0.5, 0.6) is 0 Å². The zero-order valence-corrected chi connectivity index (χ0v) is 8.35. The van der Waals surface area contributed by atoms with Gasteiger partial charge in [-0.15, -0.1) is 0 Å². The molecule has 1 unspecified atom stereocenters. The van der Waals surface area contributed by atoms with Gasteiger partial charge in [0.1, 0.15) is 0 Å². The fourth-order valence-corrected chi connectivity index (χ4v) is 2.03. The predicted octanol–water partition coefficient (Wildman–Crippen LogP) is 2.85. The number of hydrogen-bond donors (Lipinski definition) is 1. The lowest BCUT2D eigenvalue weighted by molar-refractivity contribution is 0.463. The first-order valence-corrected chi connectivity index (χ1v) is 4.80. The van der Waals surface area contributed by atoms with Gasteiger partial charge in [0.2, 0.25) is 0 Å². The zero-order valence-electron chi connectivity index (χ0n) is 8.35. The van der Waals surface area contributed by atoms with E-state index in [-0.39, 0.29) is 0 Å². The summed E-state index contributed by atoms with van der Waals surface area (Å²) in [6.45, 7) is 10.5. The largest absolute Gasteiger partial charge is 0.382 e. The maximum Gasteiger partial charge on any atom is 0.0329 e. The highest BCUT2D eigenvalue weighted by Crippen LogP contribution is 2.29. The van der Waals surface area contributed by atoms with Crippen LogP contribution in [0.25, 0.3) is 0 Å². The standard InChI is InChI=1S/C11H19N/c1-5-7-10-8(3)11(6-2)12-9(10)4/h6,9-10,12H,2,5,7H2,1,3-4H3/t9-,10?/m0/s1. The van der Waals surface area contributed by atoms with Crippen molar-refractivity contribution in [3.05, 3.63) is 23.9 Å². The second-order valence-corrected chi connectivity index (χ2v) is 3.63. The van der Waals surface area contributed by atoms with E-state index in [1.54, 1.807) is 0 Å². The molecule has 1 aliphatic heterocycles. The second-order valence-electron chi connectivity index (χ2n) is 3.63. The molecule has 0 saturated heterocycles. The maximum absolute atomic E-state index is 3.80. The molecule has 12 heavy (non-hydrogen) atoms. The Balaban J connectivity index is 2.73. The predicted molar refractivity (Wildman–Crippen MR) is 53.9 cm³/mol. The summed E-state index contributed by atoms with van der Waals surface area (Å²) in [4.78, 5) is 0. The molecule has 1 heterocycles. The molecule has 1 heteroatoms. The van der Waals surface area contributed by atoms with Crippen LogP contribution in [0.3, 0.4) is 0 Å². The summed E-state index contributed by atoms with van der Waals surface area (Å²) in [5.41, 5.74) is 2.74. The van der Waals surface area contributed by atoms with Crippen molar-refractivity contribution in [1.29, 1.82) is 0 Å². The summed E-state index contributed by atoms with van der Waals surface area (Å²) in [5.74, 6) is 0.725. The first kappa shape index (κ1) is 9.37. The van der Waals surface area contributed by atoms with Crippen LogP contribution in [0, 0.1) is 5.92 Å². The molecule has 0 amide bonds. The minimum Gasteiger partial charge on any atom is -0.382 e. The SMILES string of the molecule is C=CC1=C(C)C(CCC)[C@H](C)N1. The van der Waals surface area contributed by atoms with Gasteiger partial charge >= 0.3 is 0 Å². The minimum absolute atomic E-state index is 0.595. The van der Waals surface area contributed by atoms with Crippen LogP contribution in [0.15, 0.2) is 23.9 Å². The van der Waals surface area contributed by atoms with Crippen LogP contribution in [-0.4, -0.2) is 6.04 Å². The van der Waals surface area contributed by atoms with Gasteiger partial charge in [-0.1, -0.05) is 19.9 Å². The molecule has 0 saturated carbocycles. The highest BCUT2D eigenvalue weighted by atomic mass is 15.0. The van der Waals surface area contributed by atoms with Gasteiger partial charge in [-0.3, -0.25) is 0 Å². The molecule has 0 bridgehead atoms. The van der Waals surface area contributed by atoms with E-state index in [2.05, 4.69) is 32.7 Å². The van der Waals surface area contributed by atoms with Gasteiger partial charge in [0.25, 0.3) is 0 Å². The summed E-state index contributed by atoms with van der Waals surface area (Å²) >= 11 is 0. The fraction of sp³-hybridized carbons (Fsp3) is 0.636. The normalized spacial score (nSPS) is 28.9. The average Bonchev–Trinajstić information content (AvgIpc) is 2.32. The topological polar surface area (TPSA) is 12.0 Å². The number of nitrogens with one attached hydrogen (secondary N) is 1. The van der Waals surface area contributed by atoms with Gasteiger partial charge in [0, 0.05) is 17.7 Å². The quantitative estimate of drug-likeness (QED) is 0.678. The Morgan fingerprint density at radius 1 is 1.58 bits per heavy atom. The van der Waals surface area contributed by atoms with Crippen molar-refractivity contribution >= 4 is 0 Å². The molecule has 1 nitrogen and oxygen atoms in total. The summed E-state index contributed by atoms with van der Waals surface area (Å²) in [7, 11) is 0. The molecular formula is C11H19N. The molecule has 0 aromatic rings. The van der Waals surface area contributed by atoms with Gasteiger partial charge in [-0.2, -0.15) is 0 Å². The fourth-order valence-electron chi connectivity index (χ4n) is 2.03. The Hall–Kier alpha value is -0.720. The zero-order chi connectivity index (χ0) is 9.14. The smallest absolute Gasteiger partial charge is 0.0329 e. The molecule has 0 fully saturated rings.